The number of rotatable bonds is 1. The summed E-state index contributed by atoms with van der Waals surface area (Å²) in [6.07, 6.45) is 0. The Labute approximate surface area is 76.7 Å². The van der Waals surface area contributed by atoms with E-state index in [1.54, 1.807) is 13.0 Å². The number of primary sulfonamides is 1. The van der Waals surface area contributed by atoms with Gasteiger partial charge in [-0.05, 0) is 30.7 Å². The molecule has 0 saturated carbocycles. The third-order valence-corrected chi connectivity index (χ3v) is 2.40. The molecule has 0 aromatic heterocycles. The van der Waals surface area contributed by atoms with Crippen LogP contribution in [0.3, 0.4) is 0 Å². The Balaban J connectivity index is 3.44. The summed E-state index contributed by atoms with van der Waals surface area (Å²) >= 11 is 0. The van der Waals surface area contributed by atoms with Crippen molar-refractivity contribution in [2.24, 2.45) is 5.14 Å². The monoisotopic (exact) mass is 196 g/mol. The summed E-state index contributed by atoms with van der Waals surface area (Å²) in [6.45, 7) is 1.70. The summed E-state index contributed by atoms with van der Waals surface area (Å²) in [6, 6.07) is 6.13. The summed E-state index contributed by atoms with van der Waals surface area (Å²) in [5.41, 5.74) is 0.993. The molecule has 1 rings (SSSR count). The number of nitriles is 1. The van der Waals surface area contributed by atoms with Crippen LogP contribution >= 0.6 is 0 Å². The first-order valence-electron chi connectivity index (χ1n) is 3.48. The lowest BCUT2D eigenvalue weighted by atomic mass is 10.2. The van der Waals surface area contributed by atoms with Gasteiger partial charge in [0, 0.05) is 0 Å². The zero-order valence-corrected chi connectivity index (χ0v) is 7.80. The van der Waals surface area contributed by atoms with Gasteiger partial charge in [-0.3, -0.25) is 0 Å². The highest BCUT2D eigenvalue weighted by atomic mass is 32.2. The van der Waals surface area contributed by atoms with E-state index in [-0.39, 0.29) is 4.90 Å². The fraction of sp³-hybridized carbons (Fsp3) is 0.125. The van der Waals surface area contributed by atoms with Crippen LogP contribution in [0.5, 0.6) is 0 Å². The van der Waals surface area contributed by atoms with Gasteiger partial charge in [0.05, 0.1) is 16.5 Å². The molecular weight excluding hydrogens is 188 g/mol. The molecule has 2 N–H and O–H groups in total. The lowest BCUT2D eigenvalue weighted by molar-refractivity contribution is 0.597. The van der Waals surface area contributed by atoms with Crippen molar-refractivity contribution in [2.45, 2.75) is 11.8 Å². The fourth-order valence-electron chi connectivity index (χ4n) is 0.977. The average Bonchev–Trinajstić information content (AvgIpc) is 2.01. The zero-order chi connectivity index (χ0) is 10.1. The standard InChI is InChI=1S/C8H8N2O2S/c1-6-2-7(5-9)4-8(3-6)13(10,11)12/h2-4H,1H3,(H2,10,11,12). The van der Waals surface area contributed by atoms with Crippen LogP contribution in [0.1, 0.15) is 11.1 Å². The highest BCUT2D eigenvalue weighted by Crippen LogP contribution is 2.12. The topological polar surface area (TPSA) is 83.9 Å². The summed E-state index contributed by atoms with van der Waals surface area (Å²) in [4.78, 5) is -0.0240. The van der Waals surface area contributed by atoms with E-state index < -0.39 is 10.0 Å². The maximum atomic E-state index is 10.9. The molecule has 0 unspecified atom stereocenters. The quantitative estimate of drug-likeness (QED) is 0.710. The van der Waals surface area contributed by atoms with Crippen molar-refractivity contribution in [3.8, 4) is 6.07 Å². The number of nitrogens with zero attached hydrogens (tertiary/aromatic N) is 1. The molecule has 0 aliphatic heterocycles. The maximum absolute atomic E-state index is 10.9. The number of nitrogens with two attached hydrogens (primary N) is 1. The van der Waals surface area contributed by atoms with E-state index in [1.807, 2.05) is 6.07 Å². The summed E-state index contributed by atoms with van der Waals surface area (Å²) < 4.78 is 21.8. The Bertz CT molecular complexity index is 471. The predicted molar refractivity (Wildman–Crippen MR) is 47.3 cm³/mol. The van der Waals surface area contributed by atoms with Gasteiger partial charge in [0.1, 0.15) is 0 Å². The molecule has 0 spiro atoms. The van der Waals surface area contributed by atoms with Crippen molar-refractivity contribution in [3.05, 3.63) is 29.3 Å². The van der Waals surface area contributed by atoms with Gasteiger partial charge in [0.2, 0.25) is 10.0 Å². The smallest absolute Gasteiger partial charge is 0.225 e. The van der Waals surface area contributed by atoms with Crippen LogP contribution in [0.15, 0.2) is 23.1 Å². The van der Waals surface area contributed by atoms with E-state index in [4.69, 9.17) is 10.4 Å². The van der Waals surface area contributed by atoms with E-state index >= 15 is 0 Å². The van der Waals surface area contributed by atoms with Crippen molar-refractivity contribution in [3.63, 3.8) is 0 Å². The average molecular weight is 196 g/mol. The molecule has 0 radical (unpaired) electrons. The van der Waals surface area contributed by atoms with Crippen LogP contribution in [0.2, 0.25) is 0 Å². The lowest BCUT2D eigenvalue weighted by Crippen LogP contribution is -2.12. The molecular formula is C8H8N2O2S. The minimum absolute atomic E-state index is 0.0240. The van der Waals surface area contributed by atoms with E-state index in [9.17, 15) is 8.42 Å². The van der Waals surface area contributed by atoms with Crippen molar-refractivity contribution in [1.29, 1.82) is 5.26 Å². The molecule has 1 aromatic rings. The molecule has 0 atom stereocenters. The van der Waals surface area contributed by atoms with Gasteiger partial charge in [-0.2, -0.15) is 5.26 Å². The van der Waals surface area contributed by atoms with Gasteiger partial charge in [0.15, 0.2) is 0 Å². The number of hydrogen-bond donors (Lipinski definition) is 1. The lowest BCUT2D eigenvalue weighted by Gasteiger charge is -2.00. The molecule has 4 nitrogen and oxygen atoms in total. The minimum atomic E-state index is -3.71. The number of benzene rings is 1. The summed E-state index contributed by atoms with van der Waals surface area (Å²) in [5.74, 6) is 0. The molecule has 0 aliphatic carbocycles. The highest BCUT2D eigenvalue weighted by molar-refractivity contribution is 7.89. The predicted octanol–water partition coefficient (Wildman–Crippen LogP) is 0.514. The van der Waals surface area contributed by atoms with Gasteiger partial charge in [-0.1, -0.05) is 0 Å². The Hall–Kier alpha value is -1.38. The minimum Gasteiger partial charge on any atom is -0.225 e. The number of aryl methyl sites for hydroxylation is 1. The van der Waals surface area contributed by atoms with Gasteiger partial charge in [0.25, 0.3) is 0 Å². The second-order valence-corrected chi connectivity index (χ2v) is 4.25. The van der Waals surface area contributed by atoms with Crippen LogP contribution in [-0.4, -0.2) is 8.42 Å². The third kappa shape index (κ3) is 2.28. The van der Waals surface area contributed by atoms with Crippen LogP contribution in [0.4, 0.5) is 0 Å². The van der Waals surface area contributed by atoms with Crippen molar-refractivity contribution < 1.29 is 8.42 Å². The molecule has 0 heterocycles. The molecule has 13 heavy (non-hydrogen) atoms. The number of hydrogen-bond acceptors (Lipinski definition) is 3. The Morgan fingerprint density at radius 2 is 2.00 bits per heavy atom. The van der Waals surface area contributed by atoms with E-state index in [1.165, 1.54) is 12.1 Å². The van der Waals surface area contributed by atoms with Crippen molar-refractivity contribution in [1.82, 2.24) is 0 Å². The van der Waals surface area contributed by atoms with Crippen LogP contribution in [-0.2, 0) is 10.0 Å². The second kappa shape index (κ2) is 3.17. The highest BCUT2D eigenvalue weighted by Gasteiger charge is 2.08. The molecule has 1 aromatic carbocycles. The first-order valence-corrected chi connectivity index (χ1v) is 5.03. The van der Waals surface area contributed by atoms with Crippen molar-refractivity contribution in [2.75, 3.05) is 0 Å². The molecule has 0 bridgehead atoms. The molecule has 0 saturated heterocycles. The molecule has 0 amide bonds. The summed E-state index contributed by atoms with van der Waals surface area (Å²) in [5, 5.41) is 13.5. The zero-order valence-electron chi connectivity index (χ0n) is 6.98. The Kier molecular flexibility index (Phi) is 2.36. The molecule has 5 heteroatoms. The van der Waals surface area contributed by atoms with Gasteiger partial charge in [-0.25, -0.2) is 13.6 Å². The van der Waals surface area contributed by atoms with Gasteiger partial charge in [-0.15, -0.1) is 0 Å². The summed E-state index contributed by atoms with van der Waals surface area (Å²) in [7, 11) is -3.71. The maximum Gasteiger partial charge on any atom is 0.238 e. The van der Waals surface area contributed by atoms with Crippen molar-refractivity contribution >= 4 is 10.0 Å². The first kappa shape index (κ1) is 9.71. The van der Waals surface area contributed by atoms with E-state index in [0.29, 0.717) is 11.1 Å². The third-order valence-electron chi connectivity index (χ3n) is 1.51. The number of sulfonamides is 1. The second-order valence-electron chi connectivity index (χ2n) is 2.69. The van der Waals surface area contributed by atoms with Crippen LogP contribution in [0, 0.1) is 18.3 Å². The Morgan fingerprint density at radius 1 is 1.38 bits per heavy atom. The van der Waals surface area contributed by atoms with E-state index in [2.05, 4.69) is 0 Å². The SMILES string of the molecule is Cc1cc(C#N)cc(S(N)(=O)=O)c1. The first-order chi connectivity index (χ1) is 5.93. The van der Waals surface area contributed by atoms with Crippen LogP contribution < -0.4 is 5.14 Å². The molecule has 0 aliphatic rings. The normalized spacial score (nSPS) is 10.8. The molecule has 0 fully saturated rings. The molecule has 68 valence electrons. The van der Waals surface area contributed by atoms with Crippen LogP contribution in [0.25, 0.3) is 0 Å². The van der Waals surface area contributed by atoms with Gasteiger partial charge >= 0.3 is 0 Å². The Morgan fingerprint density at radius 3 is 2.46 bits per heavy atom. The van der Waals surface area contributed by atoms with E-state index in [0.717, 1.165) is 0 Å². The fourth-order valence-corrected chi connectivity index (χ4v) is 1.62. The van der Waals surface area contributed by atoms with Gasteiger partial charge < -0.3 is 0 Å². The largest absolute Gasteiger partial charge is 0.238 e.